The van der Waals surface area contributed by atoms with Crippen LogP contribution in [0, 0.1) is 5.82 Å². The lowest BCUT2D eigenvalue weighted by Gasteiger charge is -2.23. The van der Waals surface area contributed by atoms with Crippen LogP contribution in [0.4, 0.5) is 16.0 Å². The van der Waals surface area contributed by atoms with E-state index >= 15 is 0 Å². The summed E-state index contributed by atoms with van der Waals surface area (Å²) in [5.41, 5.74) is 1.47. The predicted octanol–water partition coefficient (Wildman–Crippen LogP) is 5.80. The molecule has 0 spiro atoms. The summed E-state index contributed by atoms with van der Waals surface area (Å²) in [5, 5.41) is 7.32. The molecule has 3 heterocycles. The lowest BCUT2D eigenvalue weighted by molar-refractivity contribution is 0.427. The molecule has 184 valence electrons. The maximum atomic E-state index is 14.9. The lowest BCUT2D eigenvalue weighted by Crippen LogP contribution is -2.38. The average molecular weight is 524 g/mol. The largest absolute Gasteiger partial charge is 0.434 e. The number of aromatic nitrogens is 4. The number of benzene rings is 2. The summed E-state index contributed by atoms with van der Waals surface area (Å²) in [4.78, 5) is 18.4. The van der Waals surface area contributed by atoms with E-state index < -0.39 is 5.82 Å². The lowest BCUT2D eigenvalue weighted by atomic mass is 10.1. The predicted molar refractivity (Wildman–Crippen MR) is 140 cm³/mol. The maximum Gasteiger partial charge on any atom is 0.247 e. The van der Waals surface area contributed by atoms with Gasteiger partial charge in [0.2, 0.25) is 11.8 Å². The molecule has 3 N–H and O–H groups in total. The molecule has 0 saturated carbocycles. The van der Waals surface area contributed by atoms with Crippen molar-refractivity contribution in [2.75, 3.05) is 23.1 Å². The topological polar surface area (TPSA) is 96.9 Å². The van der Waals surface area contributed by atoms with Crippen LogP contribution in [0.5, 0.6) is 11.6 Å². The minimum Gasteiger partial charge on any atom is -0.434 e. The van der Waals surface area contributed by atoms with Crippen LogP contribution >= 0.6 is 23.5 Å². The van der Waals surface area contributed by atoms with E-state index in [4.69, 9.17) is 16.3 Å². The molecular formula is C25H23ClFN7OS. The van der Waals surface area contributed by atoms with E-state index in [-0.39, 0.29) is 17.7 Å². The molecule has 1 aliphatic rings. The first-order chi connectivity index (χ1) is 17.7. The molecule has 1 fully saturated rings. The van der Waals surface area contributed by atoms with Gasteiger partial charge in [-0.3, -0.25) is 0 Å². The van der Waals surface area contributed by atoms with Crippen molar-refractivity contribution in [3.8, 4) is 23.0 Å². The minimum atomic E-state index is -0.550. The number of halogens is 2. The minimum absolute atomic E-state index is 0.0192. The fraction of sp³-hybridized carbons (Fsp3) is 0.200. The smallest absolute Gasteiger partial charge is 0.247 e. The van der Waals surface area contributed by atoms with Crippen LogP contribution in [0.1, 0.15) is 12.8 Å². The van der Waals surface area contributed by atoms with E-state index in [1.54, 1.807) is 24.4 Å². The Balaban J connectivity index is 1.31. The van der Waals surface area contributed by atoms with Crippen LogP contribution in [-0.2, 0) is 0 Å². The molecule has 1 saturated heterocycles. The Kier molecular flexibility index (Phi) is 7.75. The Bertz CT molecular complexity index is 1340. The van der Waals surface area contributed by atoms with E-state index in [0.29, 0.717) is 28.0 Å². The molecule has 0 radical (unpaired) electrons. The van der Waals surface area contributed by atoms with Gasteiger partial charge >= 0.3 is 0 Å². The average Bonchev–Trinajstić information content (AvgIpc) is 2.91. The van der Waals surface area contributed by atoms with Gasteiger partial charge in [0.05, 0.1) is 10.7 Å². The van der Waals surface area contributed by atoms with Gasteiger partial charge in [-0.1, -0.05) is 23.7 Å². The summed E-state index contributed by atoms with van der Waals surface area (Å²) < 4.78 is 23.8. The number of hydrogen-bond donors (Lipinski definition) is 3. The first-order valence-electron chi connectivity index (χ1n) is 11.4. The van der Waals surface area contributed by atoms with Crippen LogP contribution in [0.15, 0.2) is 72.0 Å². The van der Waals surface area contributed by atoms with E-state index in [1.165, 1.54) is 36.5 Å². The summed E-state index contributed by atoms with van der Waals surface area (Å²) in [5.74, 6) is 0.110. The Labute approximate surface area is 217 Å². The van der Waals surface area contributed by atoms with Gasteiger partial charge in [-0.2, -0.15) is 0 Å². The molecule has 0 amide bonds. The van der Waals surface area contributed by atoms with Crippen molar-refractivity contribution in [3.05, 3.63) is 78.0 Å². The van der Waals surface area contributed by atoms with Crippen molar-refractivity contribution < 1.29 is 9.13 Å². The molecule has 11 heteroatoms. The summed E-state index contributed by atoms with van der Waals surface area (Å²) in [6.45, 7) is 1.88. The zero-order chi connectivity index (χ0) is 24.7. The third kappa shape index (κ3) is 6.01. The van der Waals surface area contributed by atoms with Crippen LogP contribution in [0.2, 0.25) is 5.02 Å². The Morgan fingerprint density at radius 1 is 1.06 bits per heavy atom. The van der Waals surface area contributed by atoms with Gasteiger partial charge in [-0.25, -0.2) is 24.3 Å². The van der Waals surface area contributed by atoms with Crippen LogP contribution in [0.3, 0.4) is 0 Å². The van der Waals surface area contributed by atoms with Crippen molar-refractivity contribution in [2.24, 2.45) is 0 Å². The molecule has 36 heavy (non-hydrogen) atoms. The summed E-state index contributed by atoms with van der Waals surface area (Å²) in [7, 11) is 0. The molecule has 2 aromatic heterocycles. The highest BCUT2D eigenvalue weighted by Gasteiger charge is 2.17. The number of rotatable bonds is 8. The van der Waals surface area contributed by atoms with Crippen molar-refractivity contribution >= 4 is 35.2 Å². The summed E-state index contributed by atoms with van der Waals surface area (Å²) in [6.07, 6.45) is 6.81. The van der Waals surface area contributed by atoms with Gasteiger partial charge in [0.1, 0.15) is 0 Å². The highest BCUT2D eigenvalue weighted by molar-refractivity contribution is 8.00. The van der Waals surface area contributed by atoms with Crippen LogP contribution in [-0.4, -0.2) is 39.1 Å². The monoisotopic (exact) mass is 523 g/mol. The molecule has 0 bridgehead atoms. The zero-order valence-corrected chi connectivity index (χ0v) is 20.7. The maximum absolute atomic E-state index is 14.9. The van der Waals surface area contributed by atoms with Crippen LogP contribution < -0.4 is 20.1 Å². The highest BCUT2D eigenvalue weighted by atomic mass is 35.5. The molecule has 8 nitrogen and oxygen atoms in total. The van der Waals surface area contributed by atoms with E-state index in [0.717, 1.165) is 30.8 Å². The van der Waals surface area contributed by atoms with E-state index in [1.807, 2.05) is 18.2 Å². The summed E-state index contributed by atoms with van der Waals surface area (Å²) >= 11 is 7.47. The highest BCUT2D eigenvalue weighted by Crippen LogP contribution is 2.33. The van der Waals surface area contributed by atoms with Gasteiger partial charge in [0, 0.05) is 47.8 Å². The Morgan fingerprint density at radius 3 is 2.78 bits per heavy atom. The van der Waals surface area contributed by atoms with Crippen molar-refractivity contribution in [2.45, 2.75) is 23.8 Å². The second-order valence-electron chi connectivity index (χ2n) is 8.05. The number of nitrogens with one attached hydrogen (secondary N) is 3. The first kappa shape index (κ1) is 24.2. The molecule has 1 unspecified atom stereocenters. The van der Waals surface area contributed by atoms with E-state index in [2.05, 4.69) is 35.3 Å². The fourth-order valence-corrected chi connectivity index (χ4v) is 4.60. The van der Waals surface area contributed by atoms with Crippen molar-refractivity contribution in [3.63, 3.8) is 0 Å². The van der Waals surface area contributed by atoms with E-state index in [9.17, 15) is 4.39 Å². The normalized spacial score (nSPS) is 15.3. The van der Waals surface area contributed by atoms with Gasteiger partial charge in [0.25, 0.3) is 0 Å². The molecular weight excluding hydrogens is 501 g/mol. The molecule has 2 aromatic carbocycles. The second kappa shape index (κ2) is 11.5. The van der Waals surface area contributed by atoms with Gasteiger partial charge in [0.15, 0.2) is 17.3 Å². The SMILES string of the molecule is Fc1cc(NSc2ccccc2Cl)ccc1Oc1nccnc1-c1ccnc(NC2CCCNC2)n1. The van der Waals surface area contributed by atoms with Crippen LogP contribution in [0.25, 0.3) is 11.4 Å². The first-order valence-corrected chi connectivity index (χ1v) is 12.6. The molecule has 1 atom stereocenters. The fourth-order valence-electron chi connectivity index (χ4n) is 3.69. The number of anilines is 2. The summed E-state index contributed by atoms with van der Waals surface area (Å²) in [6, 6.07) is 14.0. The van der Waals surface area contributed by atoms with Gasteiger partial charge < -0.3 is 20.1 Å². The standard InChI is InChI=1S/C25H23ClFN7OS/c26-18-5-1-2-6-22(18)36-34-16-7-8-21(19(27)14-16)35-24-23(29-12-13-30-24)20-9-11-31-25(33-20)32-17-4-3-10-28-15-17/h1-2,5-9,11-14,17,28,34H,3-4,10,15H2,(H,31,32,33). The Morgan fingerprint density at radius 2 is 1.94 bits per heavy atom. The van der Waals surface area contributed by atoms with Crippen molar-refractivity contribution in [1.29, 1.82) is 0 Å². The second-order valence-corrected chi connectivity index (χ2v) is 9.30. The molecule has 1 aliphatic heterocycles. The third-order valence-corrected chi connectivity index (χ3v) is 6.80. The zero-order valence-electron chi connectivity index (χ0n) is 19.1. The number of hydrogen-bond acceptors (Lipinski definition) is 9. The van der Waals surface area contributed by atoms with Gasteiger partial charge in [-0.05, 0) is 61.7 Å². The number of ether oxygens (including phenoxy) is 1. The Hall–Kier alpha value is -3.47. The number of nitrogens with zero attached hydrogens (tertiary/aromatic N) is 4. The number of piperidine rings is 1. The molecule has 0 aliphatic carbocycles. The van der Waals surface area contributed by atoms with Gasteiger partial charge in [-0.15, -0.1) is 0 Å². The molecule has 5 rings (SSSR count). The van der Waals surface area contributed by atoms with Crippen molar-refractivity contribution in [1.82, 2.24) is 25.3 Å². The third-order valence-electron chi connectivity index (χ3n) is 5.45. The molecule has 4 aromatic rings. The quantitative estimate of drug-likeness (QED) is 0.247.